The van der Waals surface area contributed by atoms with Crippen molar-refractivity contribution in [3.05, 3.63) is 48.0 Å². The van der Waals surface area contributed by atoms with Gasteiger partial charge in [0.25, 0.3) is 0 Å². The number of nitrogens with zero attached hydrogens (tertiary/aromatic N) is 3. The van der Waals surface area contributed by atoms with Crippen LogP contribution in [0.25, 0.3) is 10.9 Å². The van der Waals surface area contributed by atoms with Gasteiger partial charge in [0.15, 0.2) is 6.10 Å². The van der Waals surface area contributed by atoms with Gasteiger partial charge in [-0.25, -0.2) is 18.6 Å². The van der Waals surface area contributed by atoms with Crippen molar-refractivity contribution >= 4 is 37.8 Å². The lowest BCUT2D eigenvalue weighted by molar-refractivity contribution is 0.0736. The second-order valence-corrected chi connectivity index (χ2v) is 11.3. The average Bonchev–Trinajstić information content (AvgIpc) is 3.14. The monoisotopic (exact) mass is 474 g/mol. The zero-order valence-electron chi connectivity index (χ0n) is 18.9. The summed E-state index contributed by atoms with van der Waals surface area (Å²) in [5, 5.41) is 13.9. The summed E-state index contributed by atoms with van der Waals surface area (Å²) in [5.74, 6) is 0.278. The highest BCUT2D eigenvalue weighted by Crippen LogP contribution is 2.34. The van der Waals surface area contributed by atoms with E-state index in [0.717, 1.165) is 10.9 Å². The normalized spacial score (nSPS) is 20.1. The van der Waals surface area contributed by atoms with Gasteiger partial charge in [0.2, 0.25) is 0 Å². The first-order chi connectivity index (χ1) is 15.6. The van der Waals surface area contributed by atoms with Crippen molar-refractivity contribution in [3.8, 4) is 5.75 Å². The standard InChI is InChI=1S/C23H27FN4O4S/c1-13(2)33(4,30)28-16-7-14(3)22-18(9-16)25-12-26-23(22)27-17-6-5-15(24)8-20(17)32-21-11-31-10-19(21)29/h5-9,12-13,19,21,29H,10-11H2,1-4H3,(H,25,26,27)/t19-,21-,33?/m0/s1. The fourth-order valence-corrected chi connectivity index (χ4v) is 4.19. The largest absolute Gasteiger partial charge is 0.483 e. The Labute approximate surface area is 192 Å². The number of fused-ring (bicyclic) bond motifs is 1. The summed E-state index contributed by atoms with van der Waals surface area (Å²) in [5.41, 5.74) is 2.55. The number of ether oxygens (including phenoxy) is 2. The first-order valence-electron chi connectivity index (χ1n) is 10.6. The first kappa shape index (κ1) is 23.3. The van der Waals surface area contributed by atoms with Crippen LogP contribution in [-0.2, 0) is 14.5 Å². The zero-order valence-corrected chi connectivity index (χ0v) is 19.7. The van der Waals surface area contributed by atoms with Crippen LogP contribution < -0.4 is 10.1 Å². The van der Waals surface area contributed by atoms with Gasteiger partial charge >= 0.3 is 0 Å². The van der Waals surface area contributed by atoms with Gasteiger partial charge in [0.05, 0.1) is 39.8 Å². The Bertz CT molecular complexity index is 1310. The number of anilines is 2. The van der Waals surface area contributed by atoms with Crippen LogP contribution >= 0.6 is 0 Å². The third-order valence-electron chi connectivity index (χ3n) is 5.56. The Morgan fingerprint density at radius 1 is 1.27 bits per heavy atom. The molecular weight excluding hydrogens is 447 g/mol. The number of nitrogens with one attached hydrogen (secondary N) is 1. The quantitative estimate of drug-likeness (QED) is 0.554. The molecule has 8 nitrogen and oxygen atoms in total. The van der Waals surface area contributed by atoms with Gasteiger partial charge in [-0.15, -0.1) is 0 Å². The molecule has 1 aliphatic heterocycles. The van der Waals surface area contributed by atoms with E-state index < -0.39 is 27.8 Å². The molecule has 1 fully saturated rings. The molecule has 0 saturated carbocycles. The highest BCUT2D eigenvalue weighted by molar-refractivity contribution is 7.93. The van der Waals surface area contributed by atoms with Crippen molar-refractivity contribution in [2.24, 2.45) is 4.36 Å². The van der Waals surface area contributed by atoms with E-state index in [1.807, 2.05) is 26.8 Å². The zero-order chi connectivity index (χ0) is 23.8. The van der Waals surface area contributed by atoms with Crippen molar-refractivity contribution in [1.29, 1.82) is 0 Å². The molecule has 1 aliphatic rings. The summed E-state index contributed by atoms with van der Waals surface area (Å²) in [4.78, 5) is 8.74. The number of aromatic nitrogens is 2. The molecule has 0 radical (unpaired) electrons. The van der Waals surface area contributed by atoms with Crippen LogP contribution in [0.5, 0.6) is 5.75 Å². The lowest BCUT2D eigenvalue weighted by Gasteiger charge is -2.19. The van der Waals surface area contributed by atoms with Crippen molar-refractivity contribution in [3.63, 3.8) is 0 Å². The van der Waals surface area contributed by atoms with Gasteiger partial charge in [-0.2, -0.15) is 4.36 Å². The Kier molecular flexibility index (Phi) is 6.51. The minimum atomic E-state index is -2.39. The van der Waals surface area contributed by atoms with E-state index in [2.05, 4.69) is 19.6 Å². The molecule has 33 heavy (non-hydrogen) atoms. The molecule has 2 heterocycles. The highest BCUT2D eigenvalue weighted by Gasteiger charge is 2.29. The Balaban J connectivity index is 1.72. The van der Waals surface area contributed by atoms with Crippen molar-refractivity contribution in [2.75, 3.05) is 24.8 Å². The minimum absolute atomic E-state index is 0.0863. The van der Waals surface area contributed by atoms with Crippen LogP contribution in [-0.4, -0.2) is 56.2 Å². The molecule has 3 atom stereocenters. The van der Waals surface area contributed by atoms with Crippen LogP contribution in [0, 0.1) is 12.7 Å². The summed E-state index contributed by atoms with van der Waals surface area (Å²) in [6.07, 6.45) is 1.68. The molecule has 0 bridgehead atoms. The molecule has 4 rings (SSSR count). The van der Waals surface area contributed by atoms with Crippen LogP contribution in [0.3, 0.4) is 0 Å². The van der Waals surface area contributed by atoms with Crippen LogP contribution in [0.15, 0.2) is 41.0 Å². The number of aryl methyl sites for hydroxylation is 1. The predicted octanol–water partition coefficient (Wildman–Crippen LogP) is 4.10. The molecule has 0 spiro atoms. The van der Waals surface area contributed by atoms with E-state index in [4.69, 9.17) is 9.47 Å². The van der Waals surface area contributed by atoms with Gasteiger partial charge in [0, 0.05) is 23.0 Å². The maximum Gasteiger partial charge on any atom is 0.150 e. The molecule has 176 valence electrons. The van der Waals surface area contributed by atoms with Crippen LogP contribution in [0.2, 0.25) is 0 Å². The summed E-state index contributed by atoms with van der Waals surface area (Å²) in [6, 6.07) is 7.73. The van der Waals surface area contributed by atoms with Gasteiger partial charge < -0.3 is 19.9 Å². The topological polar surface area (TPSA) is 106 Å². The highest BCUT2D eigenvalue weighted by atomic mass is 32.2. The summed E-state index contributed by atoms with van der Waals surface area (Å²) < 4.78 is 42.2. The lowest BCUT2D eigenvalue weighted by Crippen LogP contribution is -2.30. The fourth-order valence-electron chi connectivity index (χ4n) is 3.46. The van der Waals surface area contributed by atoms with E-state index in [-0.39, 0.29) is 24.2 Å². The number of hydrogen-bond acceptors (Lipinski definition) is 8. The number of halogens is 1. The van der Waals surface area contributed by atoms with E-state index in [1.54, 1.807) is 18.4 Å². The lowest BCUT2D eigenvalue weighted by atomic mass is 10.1. The number of hydrogen-bond donors (Lipinski definition) is 2. The second-order valence-electron chi connectivity index (χ2n) is 8.41. The molecule has 1 saturated heterocycles. The second kappa shape index (κ2) is 9.20. The van der Waals surface area contributed by atoms with E-state index in [1.165, 1.54) is 18.5 Å². The summed E-state index contributed by atoms with van der Waals surface area (Å²) >= 11 is 0. The summed E-state index contributed by atoms with van der Waals surface area (Å²) in [7, 11) is -2.39. The average molecular weight is 475 g/mol. The fraction of sp³-hybridized carbons (Fsp3) is 0.391. The third kappa shape index (κ3) is 5.07. The number of aliphatic hydroxyl groups excluding tert-OH is 1. The minimum Gasteiger partial charge on any atom is -0.483 e. The number of benzene rings is 2. The number of aliphatic hydroxyl groups is 1. The summed E-state index contributed by atoms with van der Waals surface area (Å²) in [6.45, 7) is 6.05. The van der Waals surface area contributed by atoms with Crippen LogP contribution in [0.4, 0.5) is 21.6 Å². The predicted molar refractivity (Wildman–Crippen MR) is 126 cm³/mol. The van der Waals surface area contributed by atoms with Crippen LogP contribution in [0.1, 0.15) is 19.4 Å². The van der Waals surface area contributed by atoms with Gasteiger partial charge in [0.1, 0.15) is 29.8 Å². The van der Waals surface area contributed by atoms with Gasteiger partial charge in [-0.05, 0) is 36.8 Å². The van der Waals surface area contributed by atoms with Crippen molar-refractivity contribution in [1.82, 2.24) is 9.97 Å². The maximum atomic E-state index is 13.9. The van der Waals surface area contributed by atoms with E-state index in [9.17, 15) is 13.7 Å². The maximum absolute atomic E-state index is 13.9. The molecule has 10 heteroatoms. The number of rotatable bonds is 6. The molecule has 2 aromatic carbocycles. The van der Waals surface area contributed by atoms with Crippen molar-refractivity contribution < 1.29 is 23.2 Å². The van der Waals surface area contributed by atoms with E-state index in [0.29, 0.717) is 22.7 Å². The molecule has 2 N–H and O–H groups in total. The molecular formula is C23H27FN4O4S. The Morgan fingerprint density at radius 2 is 2.06 bits per heavy atom. The molecule has 0 amide bonds. The molecule has 3 aromatic rings. The van der Waals surface area contributed by atoms with Gasteiger partial charge in [-0.3, -0.25) is 0 Å². The molecule has 1 unspecified atom stereocenters. The first-order valence-corrected chi connectivity index (χ1v) is 12.6. The Morgan fingerprint density at radius 3 is 2.76 bits per heavy atom. The molecule has 0 aliphatic carbocycles. The molecule has 1 aromatic heterocycles. The van der Waals surface area contributed by atoms with Crippen molar-refractivity contribution in [2.45, 2.75) is 38.2 Å². The SMILES string of the molecule is Cc1cc(N=S(C)(=O)C(C)C)cc2ncnc(Nc3ccc(F)cc3O[C@H]3COC[C@@H]3O)c12. The third-order valence-corrected chi connectivity index (χ3v) is 7.88. The Hall–Kier alpha value is -2.82. The van der Waals surface area contributed by atoms with Gasteiger partial charge in [-0.1, -0.05) is 13.8 Å². The smallest absolute Gasteiger partial charge is 0.150 e. The van der Waals surface area contributed by atoms with E-state index >= 15 is 0 Å².